The van der Waals surface area contributed by atoms with Crippen LogP contribution in [-0.4, -0.2) is 5.54 Å². The van der Waals surface area contributed by atoms with Crippen LogP contribution in [0.1, 0.15) is 31.1 Å². The molecular weight excluding hydrogens is 418 g/mol. The SMILES string of the molecule is CC1(N(c2cccc3c4c(oc23)C=CCC4)c2cccc3c2oc2ccccc23)C=CC=CC1. The Morgan fingerprint density at radius 1 is 0.765 bits per heavy atom. The summed E-state index contributed by atoms with van der Waals surface area (Å²) >= 11 is 0. The number of furan rings is 2. The fraction of sp³-hybridized carbons (Fsp3) is 0.161. The summed E-state index contributed by atoms with van der Waals surface area (Å²) in [7, 11) is 0. The molecule has 7 rings (SSSR count). The van der Waals surface area contributed by atoms with E-state index in [0.29, 0.717) is 0 Å². The van der Waals surface area contributed by atoms with Crippen LogP contribution in [0.25, 0.3) is 39.0 Å². The fourth-order valence-electron chi connectivity index (χ4n) is 5.63. The molecule has 1 unspecified atom stereocenters. The number of anilines is 2. The van der Waals surface area contributed by atoms with Gasteiger partial charge in [0.1, 0.15) is 11.3 Å². The molecule has 166 valence electrons. The minimum Gasteiger partial charge on any atom is -0.454 e. The monoisotopic (exact) mass is 443 g/mol. The zero-order valence-corrected chi connectivity index (χ0v) is 19.1. The minimum atomic E-state index is -0.278. The largest absolute Gasteiger partial charge is 0.454 e. The molecule has 2 aliphatic rings. The molecule has 0 spiro atoms. The smallest absolute Gasteiger partial charge is 0.159 e. The highest BCUT2D eigenvalue weighted by Crippen LogP contribution is 2.47. The standard InChI is InChI=1S/C31H25NO2/c1-31(19-7-2-8-20-31)32(25-15-9-13-23-21-11-3-5-17-27(21)33-29(23)25)26-16-10-14-24-22-12-4-6-18-28(22)34-30(24)26/h2-3,5-11,13-19H,4,12,20H2,1H3. The average molecular weight is 444 g/mol. The summed E-state index contributed by atoms with van der Waals surface area (Å²) in [5, 5.41) is 3.48. The minimum absolute atomic E-state index is 0.278. The quantitative estimate of drug-likeness (QED) is 0.279. The molecule has 0 fully saturated rings. The molecule has 1 atom stereocenters. The van der Waals surface area contributed by atoms with Crippen molar-refractivity contribution in [3.8, 4) is 0 Å². The number of benzene rings is 3. The fourth-order valence-corrected chi connectivity index (χ4v) is 5.63. The van der Waals surface area contributed by atoms with Crippen molar-refractivity contribution in [1.82, 2.24) is 0 Å². The van der Waals surface area contributed by atoms with Gasteiger partial charge in [-0.3, -0.25) is 0 Å². The number of para-hydroxylation sites is 3. The van der Waals surface area contributed by atoms with Gasteiger partial charge in [0.15, 0.2) is 11.2 Å². The van der Waals surface area contributed by atoms with Crippen LogP contribution < -0.4 is 4.90 Å². The van der Waals surface area contributed by atoms with Crippen LogP contribution in [0, 0.1) is 0 Å². The van der Waals surface area contributed by atoms with E-state index >= 15 is 0 Å². The second-order valence-corrected chi connectivity index (χ2v) is 9.48. The number of hydrogen-bond acceptors (Lipinski definition) is 3. The molecule has 3 nitrogen and oxygen atoms in total. The van der Waals surface area contributed by atoms with Crippen molar-refractivity contribution < 1.29 is 8.83 Å². The molecule has 0 radical (unpaired) electrons. The lowest BCUT2D eigenvalue weighted by molar-refractivity contribution is 0.556. The summed E-state index contributed by atoms with van der Waals surface area (Å²) in [6.07, 6.45) is 16.1. The molecule has 5 aromatic rings. The number of fused-ring (bicyclic) bond motifs is 6. The normalized spacial score (nSPS) is 19.3. The Bertz CT molecular complexity index is 1660. The molecule has 0 N–H and O–H groups in total. The van der Waals surface area contributed by atoms with Crippen molar-refractivity contribution in [2.45, 2.75) is 31.7 Å². The summed E-state index contributed by atoms with van der Waals surface area (Å²) in [4.78, 5) is 2.42. The first-order valence-corrected chi connectivity index (χ1v) is 12.0. The molecule has 0 aliphatic heterocycles. The summed E-state index contributed by atoms with van der Waals surface area (Å²) in [5.41, 5.74) is 5.90. The Labute approximate surface area is 198 Å². The first kappa shape index (κ1) is 19.5. The third-order valence-electron chi connectivity index (χ3n) is 7.27. The van der Waals surface area contributed by atoms with E-state index in [1.165, 1.54) is 10.9 Å². The first-order chi connectivity index (χ1) is 16.7. The molecule has 0 amide bonds. The van der Waals surface area contributed by atoms with Gasteiger partial charge in [0.2, 0.25) is 0 Å². The van der Waals surface area contributed by atoms with E-state index in [2.05, 4.69) is 96.8 Å². The van der Waals surface area contributed by atoms with Gasteiger partial charge in [-0.2, -0.15) is 0 Å². The van der Waals surface area contributed by atoms with Gasteiger partial charge >= 0.3 is 0 Å². The summed E-state index contributed by atoms with van der Waals surface area (Å²) < 4.78 is 13.0. The average Bonchev–Trinajstić information content (AvgIpc) is 3.44. The maximum absolute atomic E-state index is 6.53. The Morgan fingerprint density at radius 3 is 2.35 bits per heavy atom. The van der Waals surface area contributed by atoms with Gasteiger partial charge in [0.05, 0.1) is 16.9 Å². The van der Waals surface area contributed by atoms with Crippen LogP contribution in [0.2, 0.25) is 0 Å². The number of allylic oxidation sites excluding steroid dienone is 3. The Hall–Kier alpha value is -3.98. The van der Waals surface area contributed by atoms with E-state index < -0.39 is 0 Å². The van der Waals surface area contributed by atoms with Crippen molar-refractivity contribution in [3.63, 3.8) is 0 Å². The molecule has 34 heavy (non-hydrogen) atoms. The van der Waals surface area contributed by atoms with Crippen molar-refractivity contribution in [3.05, 3.63) is 102 Å². The lowest BCUT2D eigenvalue weighted by Crippen LogP contribution is -2.42. The first-order valence-electron chi connectivity index (χ1n) is 12.0. The van der Waals surface area contributed by atoms with E-state index in [9.17, 15) is 0 Å². The van der Waals surface area contributed by atoms with Crippen molar-refractivity contribution in [2.75, 3.05) is 4.90 Å². The number of nitrogens with zero attached hydrogens (tertiary/aromatic N) is 1. The molecule has 0 saturated heterocycles. The highest BCUT2D eigenvalue weighted by Gasteiger charge is 2.35. The van der Waals surface area contributed by atoms with Gasteiger partial charge in [0.25, 0.3) is 0 Å². The van der Waals surface area contributed by atoms with Crippen molar-refractivity contribution in [2.24, 2.45) is 0 Å². The second kappa shape index (κ2) is 7.26. The van der Waals surface area contributed by atoms with Gasteiger partial charge in [-0.05, 0) is 50.5 Å². The van der Waals surface area contributed by atoms with Gasteiger partial charge in [-0.25, -0.2) is 0 Å². The Morgan fingerprint density at radius 2 is 1.53 bits per heavy atom. The molecule has 2 aliphatic carbocycles. The van der Waals surface area contributed by atoms with E-state index in [-0.39, 0.29) is 5.54 Å². The zero-order valence-electron chi connectivity index (χ0n) is 19.1. The van der Waals surface area contributed by atoms with E-state index in [0.717, 1.165) is 63.9 Å². The lowest BCUT2D eigenvalue weighted by atomic mass is 9.89. The summed E-state index contributed by atoms with van der Waals surface area (Å²) in [6.45, 7) is 2.29. The van der Waals surface area contributed by atoms with Crippen LogP contribution in [-0.2, 0) is 6.42 Å². The summed E-state index contributed by atoms with van der Waals surface area (Å²) in [6, 6.07) is 21.3. The molecule has 3 aromatic carbocycles. The van der Waals surface area contributed by atoms with Crippen molar-refractivity contribution >= 4 is 50.4 Å². The van der Waals surface area contributed by atoms with Gasteiger partial charge in [-0.15, -0.1) is 0 Å². The number of hydrogen-bond donors (Lipinski definition) is 0. The van der Waals surface area contributed by atoms with E-state index in [1.54, 1.807) is 0 Å². The third kappa shape index (κ3) is 2.76. The highest BCUT2D eigenvalue weighted by atomic mass is 16.3. The molecule has 2 aromatic heterocycles. The third-order valence-corrected chi connectivity index (χ3v) is 7.27. The second-order valence-electron chi connectivity index (χ2n) is 9.48. The highest BCUT2D eigenvalue weighted by molar-refractivity contribution is 6.10. The molecule has 0 saturated carbocycles. The predicted octanol–water partition coefficient (Wildman–Crippen LogP) is 8.70. The van der Waals surface area contributed by atoms with Crippen LogP contribution in [0.4, 0.5) is 11.4 Å². The molecule has 0 bridgehead atoms. The van der Waals surface area contributed by atoms with E-state index in [4.69, 9.17) is 8.83 Å². The summed E-state index contributed by atoms with van der Waals surface area (Å²) in [5.74, 6) is 0.986. The molecular formula is C31H25NO2. The Balaban J connectivity index is 1.55. The van der Waals surface area contributed by atoms with Crippen LogP contribution >= 0.6 is 0 Å². The van der Waals surface area contributed by atoms with E-state index in [1.807, 2.05) is 12.1 Å². The van der Waals surface area contributed by atoms with Crippen LogP contribution in [0.15, 0.2) is 99.9 Å². The van der Waals surface area contributed by atoms with Gasteiger partial charge < -0.3 is 13.7 Å². The topological polar surface area (TPSA) is 29.5 Å². The lowest BCUT2D eigenvalue weighted by Gasteiger charge is -2.41. The Kier molecular flexibility index (Phi) is 4.16. The van der Waals surface area contributed by atoms with Crippen LogP contribution in [0.3, 0.4) is 0 Å². The number of aryl methyl sites for hydroxylation is 1. The van der Waals surface area contributed by atoms with Gasteiger partial charge in [-0.1, -0.05) is 72.8 Å². The maximum atomic E-state index is 6.53. The number of rotatable bonds is 3. The van der Waals surface area contributed by atoms with Crippen LogP contribution in [0.5, 0.6) is 0 Å². The molecule has 2 heterocycles. The predicted molar refractivity (Wildman–Crippen MR) is 141 cm³/mol. The van der Waals surface area contributed by atoms with Crippen molar-refractivity contribution in [1.29, 1.82) is 0 Å². The molecule has 3 heteroatoms. The zero-order chi connectivity index (χ0) is 22.7. The maximum Gasteiger partial charge on any atom is 0.159 e. The van der Waals surface area contributed by atoms with Gasteiger partial charge in [0, 0.05) is 21.7 Å².